The second-order valence-electron chi connectivity index (χ2n) is 8.45. The number of aliphatic hydroxyl groups excluding tert-OH is 1. The first-order valence-electron chi connectivity index (χ1n) is 11.1. The van der Waals surface area contributed by atoms with E-state index >= 15 is 0 Å². The molecule has 0 unspecified atom stereocenters. The van der Waals surface area contributed by atoms with Crippen molar-refractivity contribution in [1.29, 1.82) is 0 Å². The van der Waals surface area contributed by atoms with Crippen LogP contribution >= 0.6 is 23.4 Å². The van der Waals surface area contributed by atoms with Gasteiger partial charge in [-0.05, 0) is 49.9 Å². The predicted molar refractivity (Wildman–Crippen MR) is 127 cm³/mol. The van der Waals surface area contributed by atoms with Crippen molar-refractivity contribution >= 4 is 46.3 Å². The molecule has 0 aliphatic carbocycles. The van der Waals surface area contributed by atoms with E-state index in [4.69, 9.17) is 31.8 Å². The number of nitrogens with two attached hydrogens (primary N) is 1. The number of rotatable bonds is 6. The molecule has 1 saturated heterocycles. The van der Waals surface area contributed by atoms with Crippen molar-refractivity contribution in [2.24, 2.45) is 5.92 Å². The van der Waals surface area contributed by atoms with Crippen LogP contribution in [0.3, 0.4) is 0 Å². The molecule has 12 heteroatoms. The van der Waals surface area contributed by atoms with Gasteiger partial charge < -0.3 is 29.8 Å². The van der Waals surface area contributed by atoms with Crippen LogP contribution in [-0.2, 0) is 11.3 Å². The van der Waals surface area contributed by atoms with Crippen LogP contribution in [0.25, 0.3) is 11.2 Å². The number of fused-ring (bicyclic) bond motifs is 2. The third-order valence-electron chi connectivity index (χ3n) is 6.20. The third-order valence-corrected chi connectivity index (χ3v) is 7.67. The molecule has 2 aliphatic heterocycles. The van der Waals surface area contributed by atoms with Gasteiger partial charge >= 0.3 is 0 Å². The Morgan fingerprint density at radius 1 is 1.29 bits per heavy atom. The van der Waals surface area contributed by atoms with E-state index < -0.39 is 6.10 Å². The highest BCUT2D eigenvalue weighted by atomic mass is 35.5. The molecule has 1 fully saturated rings. The highest BCUT2D eigenvalue weighted by Gasteiger charge is 2.26. The normalized spacial score (nSPS) is 16.9. The van der Waals surface area contributed by atoms with Crippen molar-refractivity contribution in [3.8, 4) is 11.5 Å². The Hall–Kier alpha value is -2.76. The summed E-state index contributed by atoms with van der Waals surface area (Å²) in [5, 5.41) is 10.8. The first kappa shape index (κ1) is 23.0. The molecular formula is C22H25ClN6O4S. The van der Waals surface area contributed by atoms with Crippen molar-refractivity contribution in [3.05, 3.63) is 23.5 Å². The fourth-order valence-electron chi connectivity index (χ4n) is 4.31. The lowest BCUT2D eigenvalue weighted by atomic mass is 9.93. The van der Waals surface area contributed by atoms with Gasteiger partial charge in [0.15, 0.2) is 33.6 Å². The quantitative estimate of drug-likeness (QED) is 0.520. The SMILES string of the molecule is C[C@@H](O)C(=O)N1CCC(CCn2c(Sc3cc4c(cc3Cl)OCO4)nc3c(N)ncnc32)CC1. The Labute approximate surface area is 205 Å². The van der Waals surface area contributed by atoms with Crippen molar-refractivity contribution < 1.29 is 19.4 Å². The minimum absolute atomic E-state index is 0.173. The molecule has 0 spiro atoms. The zero-order valence-electron chi connectivity index (χ0n) is 18.6. The van der Waals surface area contributed by atoms with Crippen LogP contribution in [0, 0.1) is 5.92 Å². The minimum Gasteiger partial charge on any atom is -0.454 e. The van der Waals surface area contributed by atoms with E-state index in [1.165, 1.54) is 25.0 Å². The van der Waals surface area contributed by atoms with Crippen LogP contribution in [-0.4, -0.2) is 61.4 Å². The molecule has 0 radical (unpaired) electrons. The summed E-state index contributed by atoms with van der Waals surface area (Å²) in [7, 11) is 0. The molecular weight excluding hydrogens is 480 g/mol. The summed E-state index contributed by atoms with van der Waals surface area (Å²) in [5.41, 5.74) is 7.32. The number of ether oxygens (including phenoxy) is 2. The largest absolute Gasteiger partial charge is 0.454 e. The Morgan fingerprint density at radius 2 is 2.03 bits per heavy atom. The molecule has 0 bridgehead atoms. The predicted octanol–water partition coefficient (Wildman–Crippen LogP) is 2.95. The molecule has 3 N–H and O–H groups in total. The number of nitrogen functional groups attached to an aromatic ring is 1. The number of aliphatic hydroxyl groups is 1. The number of aryl methyl sites for hydroxylation is 1. The molecule has 1 aromatic carbocycles. The molecule has 2 aromatic heterocycles. The van der Waals surface area contributed by atoms with Crippen LogP contribution < -0.4 is 15.2 Å². The van der Waals surface area contributed by atoms with E-state index in [0.717, 1.165) is 24.2 Å². The molecule has 5 rings (SSSR count). The van der Waals surface area contributed by atoms with E-state index in [1.54, 1.807) is 11.0 Å². The summed E-state index contributed by atoms with van der Waals surface area (Å²) in [6.07, 6.45) is 3.16. The van der Waals surface area contributed by atoms with Gasteiger partial charge in [-0.25, -0.2) is 15.0 Å². The lowest BCUT2D eigenvalue weighted by molar-refractivity contribution is -0.140. The number of amides is 1. The molecule has 2 aliphatic rings. The molecule has 3 aromatic rings. The lowest BCUT2D eigenvalue weighted by Crippen LogP contribution is -2.43. The van der Waals surface area contributed by atoms with Gasteiger partial charge in [-0.1, -0.05) is 11.6 Å². The van der Waals surface area contributed by atoms with E-state index in [0.29, 0.717) is 64.2 Å². The second kappa shape index (κ2) is 9.47. The maximum absolute atomic E-state index is 12.1. The summed E-state index contributed by atoms with van der Waals surface area (Å²) in [5.74, 6) is 1.84. The number of benzene rings is 1. The van der Waals surface area contributed by atoms with E-state index in [-0.39, 0.29) is 12.7 Å². The van der Waals surface area contributed by atoms with Crippen molar-refractivity contribution in [3.63, 3.8) is 0 Å². The number of hydrogen-bond acceptors (Lipinski definition) is 9. The van der Waals surface area contributed by atoms with Gasteiger partial charge in [0.1, 0.15) is 12.4 Å². The van der Waals surface area contributed by atoms with Crippen LogP contribution in [0.1, 0.15) is 26.2 Å². The summed E-state index contributed by atoms with van der Waals surface area (Å²) < 4.78 is 13.0. The van der Waals surface area contributed by atoms with Crippen LogP contribution in [0.5, 0.6) is 11.5 Å². The smallest absolute Gasteiger partial charge is 0.251 e. The monoisotopic (exact) mass is 504 g/mol. The number of halogens is 1. The topological polar surface area (TPSA) is 129 Å². The lowest BCUT2D eigenvalue weighted by Gasteiger charge is -2.32. The molecule has 1 amide bonds. The molecule has 180 valence electrons. The zero-order valence-corrected chi connectivity index (χ0v) is 20.2. The number of likely N-dealkylation sites (tertiary alicyclic amines) is 1. The van der Waals surface area contributed by atoms with Crippen molar-refractivity contribution in [2.45, 2.75) is 48.9 Å². The van der Waals surface area contributed by atoms with Gasteiger partial charge in [-0.2, -0.15) is 0 Å². The Kier molecular flexibility index (Phi) is 6.41. The van der Waals surface area contributed by atoms with Gasteiger partial charge in [0, 0.05) is 30.6 Å². The van der Waals surface area contributed by atoms with Crippen molar-refractivity contribution in [2.75, 3.05) is 25.6 Å². The van der Waals surface area contributed by atoms with Gasteiger partial charge in [-0.3, -0.25) is 4.79 Å². The third kappa shape index (κ3) is 4.47. The second-order valence-corrected chi connectivity index (χ2v) is 9.86. The first-order chi connectivity index (χ1) is 16.4. The number of imidazole rings is 1. The molecule has 34 heavy (non-hydrogen) atoms. The standard InChI is InChI=1S/C22H25ClN6O4S/c1-12(30)21(31)28-5-2-13(3-6-28)4-7-29-20-18(19(24)25-10-26-20)27-22(29)34-17-9-16-15(8-14(17)23)32-11-33-16/h8-10,12-13,30H,2-7,11H2,1H3,(H2,24,25,26)/t12-/m1/s1. The summed E-state index contributed by atoms with van der Waals surface area (Å²) in [4.78, 5) is 27.8. The summed E-state index contributed by atoms with van der Waals surface area (Å²) in [6, 6.07) is 3.60. The number of nitrogens with zero attached hydrogens (tertiary/aromatic N) is 5. The molecule has 10 nitrogen and oxygen atoms in total. The van der Waals surface area contributed by atoms with E-state index in [2.05, 4.69) is 9.97 Å². The summed E-state index contributed by atoms with van der Waals surface area (Å²) in [6.45, 7) is 3.68. The van der Waals surface area contributed by atoms with Crippen LogP contribution in [0.4, 0.5) is 5.82 Å². The van der Waals surface area contributed by atoms with Crippen LogP contribution in [0.2, 0.25) is 5.02 Å². The number of carbonyl (C=O) groups is 1. The maximum atomic E-state index is 12.1. The molecule has 0 saturated carbocycles. The fourth-order valence-corrected chi connectivity index (χ4v) is 5.52. The first-order valence-corrected chi connectivity index (χ1v) is 12.3. The Bertz CT molecular complexity index is 1230. The number of anilines is 1. The van der Waals surface area contributed by atoms with Gasteiger partial charge in [0.2, 0.25) is 6.79 Å². The Balaban J connectivity index is 1.36. The number of piperidine rings is 1. The van der Waals surface area contributed by atoms with Gasteiger partial charge in [0.25, 0.3) is 5.91 Å². The fraction of sp³-hybridized carbons (Fsp3) is 0.455. The average Bonchev–Trinajstić information content (AvgIpc) is 3.42. The maximum Gasteiger partial charge on any atom is 0.251 e. The highest BCUT2D eigenvalue weighted by Crippen LogP contribution is 2.43. The van der Waals surface area contributed by atoms with Gasteiger partial charge in [-0.15, -0.1) is 0 Å². The van der Waals surface area contributed by atoms with E-state index in [1.807, 2.05) is 10.6 Å². The number of hydrogen-bond donors (Lipinski definition) is 2. The average molecular weight is 505 g/mol. The minimum atomic E-state index is -0.957. The Morgan fingerprint density at radius 3 is 2.76 bits per heavy atom. The highest BCUT2D eigenvalue weighted by molar-refractivity contribution is 7.99. The number of carbonyl (C=O) groups excluding carboxylic acids is 1. The summed E-state index contributed by atoms with van der Waals surface area (Å²) >= 11 is 7.92. The number of aromatic nitrogens is 4. The molecule has 1 atom stereocenters. The van der Waals surface area contributed by atoms with Crippen molar-refractivity contribution in [1.82, 2.24) is 24.4 Å². The van der Waals surface area contributed by atoms with Gasteiger partial charge in [0.05, 0.1) is 5.02 Å². The zero-order chi connectivity index (χ0) is 23.8. The van der Waals surface area contributed by atoms with E-state index in [9.17, 15) is 9.90 Å². The van der Waals surface area contributed by atoms with Crippen LogP contribution in [0.15, 0.2) is 28.5 Å². The molecule has 4 heterocycles.